The Bertz CT molecular complexity index is 888. The molecule has 4 rings (SSSR count). The molecule has 0 atom stereocenters. The number of anilines is 2. The van der Waals surface area contributed by atoms with Gasteiger partial charge in [-0.25, -0.2) is 8.42 Å². The Hall–Kier alpha value is -2.34. The molecule has 106 valence electrons. The number of sulfone groups is 1. The van der Waals surface area contributed by atoms with Crippen LogP contribution in [0.25, 0.3) is 0 Å². The first-order chi connectivity index (χ1) is 10.1. The molecule has 0 aliphatic carbocycles. The van der Waals surface area contributed by atoms with E-state index < -0.39 is 9.84 Å². The zero-order valence-corrected chi connectivity index (χ0v) is 11.8. The molecular formula is C15H12N2O3S. The topological polar surface area (TPSA) is 70.0 Å². The number of hydrogen-bond donors (Lipinski definition) is 1. The molecular weight excluding hydrogens is 288 g/mol. The summed E-state index contributed by atoms with van der Waals surface area (Å²) in [5, 5.41) is 12.5. The number of oxime groups is 1. The van der Waals surface area contributed by atoms with Crippen LogP contribution in [0.5, 0.6) is 0 Å². The maximum atomic E-state index is 12.8. The van der Waals surface area contributed by atoms with Gasteiger partial charge in [-0.3, -0.25) is 0 Å². The van der Waals surface area contributed by atoms with E-state index in [4.69, 9.17) is 5.21 Å². The summed E-state index contributed by atoms with van der Waals surface area (Å²) in [6, 6.07) is 12.1. The van der Waals surface area contributed by atoms with Crippen LogP contribution in [-0.4, -0.2) is 25.9 Å². The van der Waals surface area contributed by atoms with E-state index in [1.165, 1.54) is 0 Å². The number of fused-ring (bicyclic) bond motifs is 2. The highest BCUT2D eigenvalue weighted by Crippen LogP contribution is 2.47. The molecule has 0 unspecified atom stereocenters. The molecule has 2 aromatic carbocycles. The Balaban J connectivity index is 2.14. The number of benzene rings is 2. The van der Waals surface area contributed by atoms with E-state index in [0.717, 1.165) is 0 Å². The van der Waals surface area contributed by atoms with Gasteiger partial charge in [0.15, 0.2) is 0 Å². The maximum absolute atomic E-state index is 12.8. The lowest BCUT2D eigenvalue weighted by molar-refractivity contribution is 0.318. The summed E-state index contributed by atoms with van der Waals surface area (Å²) in [6.45, 7) is 0.593. The molecule has 5 nitrogen and oxygen atoms in total. The molecule has 2 aromatic rings. The van der Waals surface area contributed by atoms with E-state index in [-0.39, 0.29) is 4.90 Å². The van der Waals surface area contributed by atoms with E-state index >= 15 is 0 Å². The summed E-state index contributed by atoms with van der Waals surface area (Å²) in [5.74, 6) is 0. The van der Waals surface area contributed by atoms with Crippen LogP contribution in [0.15, 0.2) is 57.4 Å². The monoisotopic (exact) mass is 300 g/mol. The van der Waals surface area contributed by atoms with Crippen molar-refractivity contribution < 1.29 is 13.6 Å². The second-order valence-electron chi connectivity index (χ2n) is 5.07. The first-order valence-corrected chi connectivity index (χ1v) is 8.09. The molecule has 2 aliphatic heterocycles. The second kappa shape index (κ2) is 4.08. The first kappa shape index (κ1) is 12.4. The normalized spacial score (nSPS) is 20.0. The molecule has 0 saturated heterocycles. The molecule has 21 heavy (non-hydrogen) atoms. The van der Waals surface area contributed by atoms with Crippen LogP contribution in [0.2, 0.25) is 0 Å². The molecule has 0 fully saturated rings. The number of para-hydroxylation sites is 2. The smallest absolute Gasteiger partial charge is 0.210 e. The quantitative estimate of drug-likeness (QED) is 0.599. The van der Waals surface area contributed by atoms with Crippen molar-refractivity contribution in [2.24, 2.45) is 5.16 Å². The van der Waals surface area contributed by atoms with Gasteiger partial charge in [-0.05, 0) is 18.2 Å². The molecule has 2 heterocycles. The lowest BCUT2D eigenvalue weighted by Crippen LogP contribution is -2.33. The van der Waals surface area contributed by atoms with Crippen molar-refractivity contribution >= 4 is 26.9 Å². The van der Waals surface area contributed by atoms with Crippen molar-refractivity contribution in [1.82, 2.24) is 0 Å². The van der Waals surface area contributed by atoms with Crippen molar-refractivity contribution in [3.05, 3.63) is 48.0 Å². The maximum Gasteiger partial charge on any atom is 0.210 e. The predicted octanol–water partition coefficient (Wildman–Crippen LogP) is 2.55. The third-order valence-electron chi connectivity index (χ3n) is 4.01. The molecule has 0 amide bonds. The van der Waals surface area contributed by atoms with Gasteiger partial charge in [-0.2, -0.15) is 0 Å². The highest BCUT2D eigenvalue weighted by Gasteiger charge is 2.38. The highest BCUT2D eigenvalue weighted by molar-refractivity contribution is 7.92. The molecule has 0 spiro atoms. The van der Waals surface area contributed by atoms with Crippen LogP contribution in [0.4, 0.5) is 11.4 Å². The van der Waals surface area contributed by atoms with Crippen molar-refractivity contribution in [3.8, 4) is 0 Å². The van der Waals surface area contributed by atoms with Gasteiger partial charge in [0.2, 0.25) is 9.84 Å². The van der Waals surface area contributed by atoms with Gasteiger partial charge in [0, 0.05) is 18.5 Å². The van der Waals surface area contributed by atoms with Gasteiger partial charge in [-0.15, -0.1) is 0 Å². The standard InChI is InChI=1S/C15H12N2O3S/c18-16-11-8-9-17-12-5-1-2-6-13(12)21(19,20)14-7-3-4-10(11)15(14)17/h1-7,18H,8-9H2/b16-11-. The Labute approximate surface area is 122 Å². The van der Waals surface area contributed by atoms with Gasteiger partial charge in [0.1, 0.15) is 0 Å². The molecule has 0 bridgehead atoms. The zero-order chi connectivity index (χ0) is 14.6. The molecule has 2 aliphatic rings. The number of rotatable bonds is 0. The predicted molar refractivity (Wildman–Crippen MR) is 78.3 cm³/mol. The van der Waals surface area contributed by atoms with Crippen molar-refractivity contribution in [2.75, 3.05) is 11.4 Å². The van der Waals surface area contributed by atoms with Crippen LogP contribution in [0, 0.1) is 0 Å². The SMILES string of the molecule is O=S1(=O)c2ccccc2N2CC/C(=N/O)c3cccc1c32. The summed E-state index contributed by atoms with van der Waals surface area (Å²) in [6.07, 6.45) is 0.571. The number of hydrogen-bond acceptors (Lipinski definition) is 5. The van der Waals surface area contributed by atoms with Crippen LogP contribution in [0.3, 0.4) is 0 Å². The summed E-state index contributed by atoms with van der Waals surface area (Å²) >= 11 is 0. The lowest BCUT2D eigenvalue weighted by Gasteiger charge is -2.37. The van der Waals surface area contributed by atoms with Crippen LogP contribution >= 0.6 is 0 Å². The van der Waals surface area contributed by atoms with Crippen molar-refractivity contribution in [3.63, 3.8) is 0 Å². The lowest BCUT2D eigenvalue weighted by atomic mass is 9.98. The summed E-state index contributed by atoms with van der Waals surface area (Å²) in [4.78, 5) is 2.61. The van der Waals surface area contributed by atoms with E-state index in [2.05, 4.69) is 5.16 Å². The zero-order valence-electron chi connectivity index (χ0n) is 11.0. The van der Waals surface area contributed by atoms with Crippen LogP contribution in [0.1, 0.15) is 12.0 Å². The van der Waals surface area contributed by atoms with E-state index in [0.29, 0.717) is 40.5 Å². The summed E-state index contributed by atoms with van der Waals surface area (Å²) < 4.78 is 25.6. The van der Waals surface area contributed by atoms with Gasteiger partial charge in [0.25, 0.3) is 0 Å². The minimum Gasteiger partial charge on any atom is -0.411 e. The first-order valence-electron chi connectivity index (χ1n) is 6.60. The fourth-order valence-electron chi connectivity index (χ4n) is 3.09. The van der Waals surface area contributed by atoms with Crippen LogP contribution in [-0.2, 0) is 9.84 Å². The van der Waals surface area contributed by atoms with E-state index in [9.17, 15) is 8.42 Å². The van der Waals surface area contributed by atoms with Gasteiger partial charge in [-0.1, -0.05) is 29.4 Å². The van der Waals surface area contributed by atoms with Crippen molar-refractivity contribution in [1.29, 1.82) is 0 Å². The Kier molecular flexibility index (Phi) is 2.41. The van der Waals surface area contributed by atoms with Crippen LogP contribution < -0.4 is 4.90 Å². The van der Waals surface area contributed by atoms with E-state index in [1.807, 2.05) is 17.0 Å². The van der Waals surface area contributed by atoms with Gasteiger partial charge >= 0.3 is 0 Å². The Morgan fingerprint density at radius 2 is 1.81 bits per heavy atom. The van der Waals surface area contributed by atoms with E-state index in [1.54, 1.807) is 30.3 Å². The molecule has 0 aromatic heterocycles. The summed E-state index contributed by atoms with van der Waals surface area (Å²) in [7, 11) is -3.54. The van der Waals surface area contributed by atoms with Gasteiger partial charge in [0.05, 0.1) is 26.9 Å². The Morgan fingerprint density at radius 3 is 2.62 bits per heavy atom. The fraction of sp³-hybridized carbons (Fsp3) is 0.133. The fourth-order valence-corrected chi connectivity index (χ4v) is 4.77. The second-order valence-corrected chi connectivity index (χ2v) is 6.96. The third-order valence-corrected chi connectivity index (χ3v) is 5.84. The number of nitrogens with zero attached hydrogens (tertiary/aromatic N) is 2. The average molecular weight is 300 g/mol. The van der Waals surface area contributed by atoms with Gasteiger partial charge < -0.3 is 10.1 Å². The third kappa shape index (κ3) is 1.50. The average Bonchev–Trinajstić information content (AvgIpc) is 2.52. The Morgan fingerprint density at radius 1 is 1.05 bits per heavy atom. The molecule has 0 radical (unpaired) electrons. The molecule has 6 heteroatoms. The molecule has 1 N–H and O–H groups in total. The summed E-state index contributed by atoms with van der Waals surface area (Å²) in [5.41, 5.74) is 2.52. The highest BCUT2D eigenvalue weighted by atomic mass is 32.2. The molecule has 0 saturated carbocycles. The van der Waals surface area contributed by atoms with Crippen molar-refractivity contribution in [2.45, 2.75) is 16.2 Å². The minimum atomic E-state index is -3.54. The largest absolute Gasteiger partial charge is 0.411 e. The minimum absolute atomic E-state index is 0.277.